The number of esters is 1. The Balaban J connectivity index is 1.47. The van der Waals surface area contributed by atoms with Gasteiger partial charge < -0.3 is 14.9 Å². The fraction of sp³-hybridized carbons (Fsp3) is 0.229. The fourth-order valence-corrected chi connectivity index (χ4v) is 4.66. The molecule has 0 aliphatic rings. The zero-order valence-corrected chi connectivity index (χ0v) is 23.9. The number of ether oxygens (including phenoxy) is 1. The van der Waals surface area contributed by atoms with Gasteiger partial charge in [0.05, 0.1) is 16.7 Å². The van der Waals surface area contributed by atoms with E-state index in [2.05, 4.69) is 0 Å². The first kappa shape index (κ1) is 31.2. The average Bonchev–Trinajstić information content (AvgIpc) is 3.00. The van der Waals surface area contributed by atoms with Gasteiger partial charge in [-0.15, -0.1) is 0 Å². The maximum atomic E-state index is 13.2. The molecule has 0 bridgehead atoms. The third-order valence-electron chi connectivity index (χ3n) is 6.86. The summed E-state index contributed by atoms with van der Waals surface area (Å²) >= 11 is 0. The Bertz CT molecular complexity index is 1530. The van der Waals surface area contributed by atoms with Crippen molar-refractivity contribution in [2.45, 2.75) is 51.9 Å². The molecule has 0 fully saturated rings. The molecule has 1 atom stereocenters. The van der Waals surface area contributed by atoms with E-state index >= 15 is 0 Å². The molecule has 0 heterocycles. The Morgan fingerprint density at radius 2 is 1.23 bits per heavy atom. The normalized spacial score (nSPS) is 11.6. The van der Waals surface area contributed by atoms with Crippen LogP contribution in [0.2, 0.25) is 0 Å². The quantitative estimate of drug-likeness (QED) is 0.0660. The average molecular weight is 583 g/mol. The molecule has 4 rings (SSSR count). The maximum Gasteiger partial charge on any atom is 0.341 e. The van der Waals surface area contributed by atoms with E-state index in [-0.39, 0.29) is 23.3 Å². The van der Waals surface area contributed by atoms with E-state index in [1.807, 2.05) is 67.6 Å². The number of carbonyl (C=O) groups is 3. The third kappa shape index (κ3) is 9.10. The van der Waals surface area contributed by atoms with Gasteiger partial charge in [-0.05, 0) is 65.3 Å². The number of benzene rings is 4. The summed E-state index contributed by atoms with van der Waals surface area (Å²) in [5.41, 5.74) is 3.95. The molecular formula is C35H34O8. The van der Waals surface area contributed by atoms with Gasteiger partial charge in [-0.2, -0.15) is 4.89 Å². The van der Waals surface area contributed by atoms with Gasteiger partial charge in [-0.25, -0.2) is 19.3 Å². The first-order valence-electron chi connectivity index (χ1n) is 14.1. The SMILES string of the molecule is CCCCC(OOCc1cc(Cc2ccccc2)ccc1C(=O)O)OC(=O)c1cc(Cc2ccccc2)ccc1C(=O)O. The van der Waals surface area contributed by atoms with E-state index in [9.17, 15) is 24.6 Å². The smallest absolute Gasteiger partial charge is 0.341 e. The van der Waals surface area contributed by atoms with E-state index in [0.717, 1.165) is 28.7 Å². The minimum absolute atomic E-state index is 0.0730. The van der Waals surface area contributed by atoms with Crippen molar-refractivity contribution in [1.82, 2.24) is 0 Å². The van der Waals surface area contributed by atoms with Gasteiger partial charge in [-0.1, -0.05) is 92.2 Å². The second-order valence-corrected chi connectivity index (χ2v) is 10.1. The molecule has 0 aromatic heterocycles. The molecular weight excluding hydrogens is 548 g/mol. The topological polar surface area (TPSA) is 119 Å². The molecule has 2 N–H and O–H groups in total. The molecule has 0 spiro atoms. The zero-order chi connectivity index (χ0) is 30.6. The first-order chi connectivity index (χ1) is 20.8. The van der Waals surface area contributed by atoms with Crippen molar-refractivity contribution in [3.05, 3.63) is 142 Å². The van der Waals surface area contributed by atoms with Gasteiger partial charge in [0, 0.05) is 6.42 Å². The maximum absolute atomic E-state index is 13.2. The highest BCUT2D eigenvalue weighted by molar-refractivity contribution is 6.02. The summed E-state index contributed by atoms with van der Waals surface area (Å²) in [7, 11) is 0. The molecule has 8 heteroatoms. The lowest BCUT2D eigenvalue weighted by atomic mass is 9.99. The highest BCUT2D eigenvalue weighted by Crippen LogP contribution is 2.21. The molecule has 222 valence electrons. The third-order valence-corrected chi connectivity index (χ3v) is 6.86. The van der Waals surface area contributed by atoms with Crippen LogP contribution in [0.1, 0.15) is 85.1 Å². The van der Waals surface area contributed by atoms with Gasteiger partial charge in [-0.3, -0.25) is 0 Å². The summed E-state index contributed by atoms with van der Waals surface area (Å²) in [5, 5.41) is 19.4. The second kappa shape index (κ2) is 15.4. The van der Waals surface area contributed by atoms with Crippen LogP contribution in [0.25, 0.3) is 0 Å². The van der Waals surface area contributed by atoms with Gasteiger partial charge >= 0.3 is 17.9 Å². The van der Waals surface area contributed by atoms with Crippen molar-refractivity contribution in [3.63, 3.8) is 0 Å². The Hall–Kier alpha value is -4.79. The van der Waals surface area contributed by atoms with Gasteiger partial charge in [0.25, 0.3) is 0 Å². The van der Waals surface area contributed by atoms with Crippen molar-refractivity contribution in [1.29, 1.82) is 0 Å². The Labute approximate surface area is 250 Å². The van der Waals surface area contributed by atoms with E-state index < -0.39 is 24.2 Å². The Kier molecular flexibility index (Phi) is 11.2. The molecule has 0 saturated heterocycles. The predicted molar refractivity (Wildman–Crippen MR) is 160 cm³/mol. The second-order valence-electron chi connectivity index (χ2n) is 10.1. The lowest BCUT2D eigenvalue weighted by Gasteiger charge is -2.18. The van der Waals surface area contributed by atoms with Crippen LogP contribution < -0.4 is 0 Å². The number of carbonyl (C=O) groups excluding carboxylic acids is 1. The monoisotopic (exact) mass is 582 g/mol. The molecule has 0 saturated carbocycles. The van der Waals surface area contributed by atoms with Gasteiger partial charge in [0.15, 0.2) is 0 Å². The minimum atomic E-state index is -1.25. The fourth-order valence-electron chi connectivity index (χ4n) is 4.66. The number of carboxylic acids is 2. The highest BCUT2D eigenvalue weighted by Gasteiger charge is 2.23. The van der Waals surface area contributed by atoms with E-state index in [4.69, 9.17) is 14.5 Å². The van der Waals surface area contributed by atoms with Gasteiger partial charge in [0.2, 0.25) is 6.29 Å². The van der Waals surface area contributed by atoms with Crippen molar-refractivity contribution >= 4 is 17.9 Å². The first-order valence-corrected chi connectivity index (χ1v) is 14.1. The molecule has 4 aromatic carbocycles. The van der Waals surface area contributed by atoms with E-state index in [0.29, 0.717) is 31.2 Å². The van der Waals surface area contributed by atoms with Crippen LogP contribution in [-0.4, -0.2) is 34.4 Å². The molecule has 8 nitrogen and oxygen atoms in total. The Morgan fingerprint density at radius 1 is 0.674 bits per heavy atom. The Morgan fingerprint density at radius 3 is 1.79 bits per heavy atom. The largest absolute Gasteiger partial charge is 0.478 e. The number of unbranched alkanes of at least 4 members (excludes halogenated alkanes) is 1. The van der Waals surface area contributed by atoms with Crippen LogP contribution in [-0.2, 0) is 34.0 Å². The molecule has 1 unspecified atom stereocenters. The van der Waals surface area contributed by atoms with E-state index in [1.165, 1.54) is 18.2 Å². The minimum Gasteiger partial charge on any atom is -0.478 e. The zero-order valence-electron chi connectivity index (χ0n) is 23.9. The molecule has 0 aliphatic carbocycles. The molecule has 0 aliphatic heterocycles. The van der Waals surface area contributed by atoms with Crippen molar-refractivity contribution < 1.29 is 39.1 Å². The van der Waals surface area contributed by atoms with Crippen LogP contribution in [0.4, 0.5) is 0 Å². The van der Waals surface area contributed by atoms with Crippen molar-refractivity contribution in [3.8, 4) is 0 Å². The van der Waals surface area contributed by atoms with Crippen LogP contribution >= 0.6 is 0 Å². The predicted octanol–water partition coefficient (Wildman–Crippen LogP) is 7.09. The summed E-state index contributed by atoms with van der Waals surface area (Å²) in [6.07, 6.45) is 1.72. The summed E-state index contributed by atoms with van der Waals surface area (Å²) in [6.45, 7) is 1.77. The molecule has 4 aromatic rings. The molecule has 0 radical (unpaired) electrons. The number of aromatic carboxylic acids is 2. The number of hydrogen-bond acceptors (Lipinski definition) is 6. The van der Waals surface area contributed by atoms with Crippen molar-refractivity contribution in [2.75, 3.05) is 0 Å². The highest BCUT2D eigenvalue weighted by atomic mass is 17.2. The summed E-state index contributed by atoms with van der Waals surface area (Å²) in [4.78, 5) is 47.9. The molecule has 43 heavy (non-hydrogen) atoms. The molecule has 0 amide bonds. The number of carboxylic acid groups (broad SMARTS) is 2. The summed E-state index contributed by atoms with van der Waals surface area (Å²) < 4.78 is 5.59. The number of rotatable bonds is 15. The summed E-state index contributed by atoms with van der Waals surface area (Å²) in [6, 6.07) is 29.0. The lowest BCUT2D eigenvalue weighted by Crippen LogP contribution is -2.23. The standard InChI is InChI=1S/C35H34O8/c1-2-3-14-32(42-35(40)31-22-27(16-18-30(31)34(38)39)20-25-12-8-5-9-13-25)43-41-23-28-21-26(15-17-29(28)33(36)37)19-24-10-6-4-7-11-24/h4-13,15-18,21-22,32H,2-3,14,19-20,23H2,1H3,(H,36,37)(H,38,39). The summed E-state index contributed by atoms with van der Waals surface area (Å²) in [5.74, 6) is -3.21. The van der Waals surface area contributed by atoms with Crippen LogP contribution in [0.15, 0.2) is 97.1 Å². The number of hydrogen-bond donors (Lipinski definition) is 2. The lowest BCUT2D eigenvalue weighted by molar-refractivity contribution is -0.375. The van der Waals surface area contributed by atoms with Crippen LogP contribution in [0, 0.1) is 0 Å². The van der Waals surface area contributed by atoms with Crippen molar-refractivity contribution in [2.24, 2.45) is 0 Å². The van der Waals surface area contributed by atoms with Gasteiger partial charge in [0.1, 0.15) is 6.61 Å². The van der Waals surface area contributed by atoms with Crippen LogP contribution in [0.3, 0.4) is 0 Å². The van der Waals surface area contributed by atoms with E-state index in [1.54, 1.807) is 18.2 Å². The van der Waals surface area contributed by atoms with Crippen LogP contribution in [0.5, 0.6) is 0 Å².